The fourth-order valence-electron chi connectivity index (χ4n) is 2.66. The largest absolute Gasteiger partial charge is 0.497 e. The minimum Gasteiger partial charge on any atom is -0.497 e. The lowest BCUT2D eigenvalue weighted by Gasteiger charge is -2.26. The molecule has 0 N–H and O–H groups in total. The molecular formula is C19H25NO4. The Balaban J connectivity index is 2.43. The van der Waals surface area contributed by atoms with Crippen molar-refractivity contribution in [2.45, 2.75) is 27.7 Å². The molecule has 0 saturated carbocycles. The van der Waals surface area contributed by atoms with Crippen LogP contribution in [0.25, 0.3) is 11.0 Å². The molecule has 0 spiro atoms. The first-order valence-corrected chi connectivity index (χ1v) is 8.23. The number of benzene rings is 1. The highest BCUT2D eigenvalue weighted by Crippen LogP contribution is 2.21. The first-order chi connectivity index (χ1) is 11.3. The van der Waals surface area contributed by atoms with Crippen molar-refractivity contribution >= 4 is 16.9 Å². The van der Waals surface area contributed by atoms with Gasteiger partial charge in [-0.3, -0.25) is 4.79 Å². The van der Waals surface area contributed by atoms with Gasteiger partial charge in [-0.1, -0.05) is 27.7 Å². The Morgan fingerprint density at radius 1 is 1.12 bits per heavy atom. The van der Waals surface area contributed by atoms with E-state index >= 15 is 0 Å². The number of nitrogens with zero attached hydrogens (tertiary/aromatic N) is 1. The van der Waals surface area contributed by atoms with Crippen molar-refractivity contribution in [3.63, 3.8) is 0 Å². The monoisotopic (exact) mass is 331 g/mol. The summed E-state index contributed by atoms with van der Waals surface area (Å²) < 4.78 is 10.5. The Hall–Kier alpha value is -2.30. The normalized spacial score (nSPS) is 11.3. The van der Waals surface area contributed by atoms with Gasteiger partial charge in [0.1, 0.15) is 16.9 Å². The van der Waals surface area contributed by atoms with Crippen LogP contribution in [0.4, 0.5) is 0 Å². The van der Waals surface area contributed by atoms with Gasteiger partial charge in [0, 0.05) is 24.5 Å². The molecule has 0 aliphatic rings. The van der Waals surface area contributed by atoms with E-state index < -0.39 is 5.63 Å². The molecule has 1 amide bonds. The lowest BCUT2D eigenvalue weighted by molar-refractivity contribution is 0.0711. The van der Waals surface area contributed by atoms with E-state index in [0.29, 0.717) is 41.6 Å². The summed E-state index contributed by atoms with van der Waals surface area (Å²) >= 11 is 0. The molecule has 1 aromatic carbocycles. The standard InChI is InChI=1S/C19H25NO4/c1-12(2)10-20(11-13(3)4)18(21)16-8-14-6-7-15(23-5)9-17(14)24-19(16)22/h6-9,12-13H,10-11H2,1-5H3. The number of amides is 1. The van der Waals surface area contributed by atoms with Gasteiger partial charge in [-0.25, -0.2) is 4.79 Å². The van der Waals surface area contributed by atoms with Crippen molar-refractivity contribution in [3.8, 4) is 5.75 Å². The predicted octanol–water partition coefficient (Wildman–Crippen LogP) is 3.56. The van der Waals surface area contributed by atoms with Gasteiger partial charge in [0.2, 0.25) is 0 Å². The van der Waals surface area contributed by atoms with Gasteiger partial charge in [-0.05, 0) is 30.0 Å². The molecule has 130 valence electrons. The Labute approximate surface area is 142 Å². The Kier molecular flexibility index (Phi) is 5.65. The summed E-state index contributed by atoms with van der Waals surface area (Å²) in [6, 6.07) is 6.81. The van der Waals surface area contributed by atoms with Gasteiger partial charge in [0.05, 0.1) is 7.11 Å². The molecule has 0 aliphatic heterocycles. The molecule has 0 unspecified atom stereocenters. The Morgan fingerprint density at radius 2 is 1.75 bits per heavy atom. The highest BCUT2D eigenvalue weighted by atomic mass is 16.5. The van der Waals surface area contributed by atoms with Gasteiger partial charge in [-0.2, -0.15) is 0 Å². The number of carbonyl (C=O) groups is 1. The van der Waals surface area contributed by atoms with Crippen LogP contribution in [-0.2, 0) is 0 Å². The zero-order valence-corrected chi connectivity index (χ0v) is 15.0. The second-order valence-electron chi connectivity index (χ2n) is 6.85. The van der Waals surface area contributed by atoms with Gasteiger partial charge >= 0.3 is 5.63 Å². The van der Waals surface area contributed by atoms with Crippen LogP contribution >= 0.6 is 0 Å². The summed E-state index contributed by atoms with van der Waals surface area (Å²) in [5.74, 6) is 0.976. The summed E-state index contributed by atoms with van der Waals surface area (Å²) in [6.07, 6.45) is 0. The van der Waals surface area contributed by atoms with Crippen LogP contribution in [0.5, 0.6) is 5.75 Å². The minimum atomic E-state index is -0.613. The number of carbonyl (C=O) groups excluding carboxylic acids is 1. The van der Waals surface area contributed by atoms with Crippen molar-refractivity contribution in [1.29, 1.82) is 0 Å². The summed E-state index contributed by atoms with van der Waals surface area (Å²) in [6.45, 7) is 9.42. The molecule has 0 radical (unpaired) electrons. The lowest BCUT2D eigenvalue weighted by Crippen LogP contribution is -2.39. The highest BCUT2D eigenvalue weighted by Gasteiger charge is 2.22. The molecule has 0 atom stereocenters. The number of fused-ring (bicyclic) bond motifs is 1. The van der Waals surface area contributed by atoms with Crippen molar-refractivity contribution in [2.75, 3.05) is 20.2 Å². The van der Waals surface area contributed by atoms with Crippen molar-refractivity contribution in [1.82, 2.24) is 4.90 Å². The summed E-state index contributed by atoms with van der Waals surface area (Å²) in [5.41, 5.74) is -0.123. The Morgan fingerprint density at radius 3 is 2.29 bits per heavy atom. The maximum Gasteiger partial charge on any atom is 0.349 e. The van der Waals surface area contributed by atoms with Gasteiger partial charge < -0.3 is 14.1 Å². The van der Waals surface area contributed by atoms with E-state index in [4.69, 9.17) is 9.15 Å². The van der Waals surface area contributed by atoms with E-state index in [1.54, 1.807) is 36.3 Å². The SMILES string of the molecule is COc1ccc2cc(C(=O)N(CC(C)C)CC(C)C)c(=O)oc2c1. The fraction of sp³-hybridized carbons (Fsp3) is 0.474. The minimum absolute atomic E-state index is 0.0777. The predicted molar refractivity (Wildman–Crippen MR) is 94.6 cm³/mol. The van der Waals surface area contributed by atoms with Crippen molar-refractivity contribution in [2.24, 2.45) is 11.8 Å². The second-order valence-corrected chi connectivity index (χ2v) is 6.85. The average molecular weight is 331 g/mol. The topological polar surface area (TPSA) is 59.8 Å². The quantitative estimate of drug-likeness (QED) is 0.760. The molecule has 5 heteroatoms. The zero-order chi connectivity index (χ0) is 17.9. The van der Waals surface area contributed by atoms with Crippen LogP contribution in [0.15, 0.2) is 33.5 Å². The van der Waals surface area contributed by atoms with Gasteiger partial charge in [0.15, 0.2) is 0 Å². The van der Waals surface area contributed by atoms with E-state index in [1.807, 2.05) is 0 Å². The smallest absolute Gasteiger partial charge is 0.349 e. The van der Waals surface area contributed by atoms with Crippen LogP contribution in [-0.4, -0.2) is 31.0 Å². The van der Waals surface area contributed by atoms with E-state index in [-0.39, 0.29) is 11.5 Å². The van der Waals surface area contributed by atoms with E-state index in [2.05, 4.69) is 27.7 Å². The highest BCUT2D eigenvalue weighted by molar-refractivity contribution is 5.96. The molecule has 2 rings (SSSR count). The molecule has 0 fully saturated rings. The fourth-order valence-corrected chi connectivity index (χ4v) is 2.66. The summed E-state index contributed by atoms with van der Waals surface area (Å²) in [5, 5.41) is 0.702. The summed E-state index contributed by atoms with van der Waals surface area (Å²) in [7, 11) is 1.55. The lowest BCUT2D eigenvalue weighted by atomic mass is 10.1. The van der Waals surface area contributed by atoms with E-state index in [1.165, 1.54) is 0 Å². The molecule has 1 heterocycles. The van der Waals surface area contributed by atoms with Gasteiger partial charge in [-0.15, -0.1) is 0 Å². The summed E-state index contributed by atoms with van der Waals surface area (Å²) in [4.78, 5) is 26.9. The third-order valence-electron chi connectivity index (χ3n) is 3.63. The first-order valence-electron chi connectivity index (χ1n) is 8.23. The first kappa shape index (κ1) is 18.0. The number of hydrogen-bond acceptors (Lipinski definition) is 4. The van der Waals surface area contributed by atoms with Crippen LogP contribution < -0.4 is 10.4 Å². The van der Waals surface area contributed by atoms with Gasteiger partial charge in [0.25, 0.3) is 5.91 Å². The maximum atomic E-state index is 12.8. The van der Waals surface area contributed by atoms with E-state index in [0.717, 1.165) is 0 Å². The molecule has 5 nitrogen and oxygen atoms in total. The molecule has 1 aromatic heterocycles. The molecule has 0 aliphatic carbocycles. The Bertz CT molecular complexity index is 767. The molecule has 2 aromatic rings. The van der Waals surface area contributed by atoms with Crippen LogP contribution in [0.1, 0.15) is 38.1 Å². The van der Waals surface area contributed by atoms with Crippen LogP contribution in [0, 0.1) is 11.8 Å². The molecule has 24 heavy (non-hydrogen) atoms. The number of hydrogen-bond donors (Lipinski definition) is 0. The van der Waals surface area contributed by atoms with Crippen molar-refractivity contribution < 1.29 is 13.9 Å². The number of methoxy groups -OCH3 is 1. The number of ether oxygens (including phenoxy) is 1. The second kappa shape index (κ2) is 7.51. The van der Waals surface area contributed by atoms with Crippen LogP contribution in [0.3, 0.4) is 0 Å². The van der Waals surface area contributed by atoms with E-state index in [9.17, 15) is 9.59 Å². The third kappa shape index (κ3) is 4.16. The zero-order valence-electron chi connectivity index (χ0n) is 15.0. The molecular weight excluding hydrogens is 306 g/mol. The molecule has 0 bridgehead atoms. The molecule has 0 saturated heterocycles. The average Bonchev–Trinajstić information content (AvgIpc) is 2.51. The van der Waals surface area contributed by atoms with Crippen molar-refractivity contribution in [3.05, 3.63) is 40.2 Å². The van der Waals surface area contributed by atoms with Crippen LogP contribution in [0.2, 0.25) is 0 Å². The third-order valence-corrected chi connectivity index (χ3v) is 3.63. The number of rotatable bonds is 6. The maximum absolute atomic E-state index is 12.8.